The van der Waals surface area contributed by atoms with E-state index in [1.807, 2.05) is 0 Å². The molecule has 1 aromatic carbocycles. The summed E-state index contributed by atoms with van der Waals surface area (Å²) in [5, 5.41) is 26.1. The van der Waals surface area contributed by atoms with Crippen molar-refractivity contribution in [2.24, 2.45) is 17.2 Å². The van der Waals surface area contributed by atoms with Gasteiger partial charge in [-0.3, -0.25) is 24.0 Å². The van der Waals surface area contributed by atoms with Crippen LogP contribution >= 0.6 is 0 Å². The number of amides is 5. The lowest BCUT2D eigenvalue weighted by atomic mass is 10.0. The second-order valence-electron chi connectivity index (χ2n) is 8.49. The monoisotopic (exact) mass is 522 g/mol. The molecule has 5 unspecified atom stereocenters. The summed E-state index contributed by atoms with van der Waals surface area (Å²) >= 11 is 0. The molecule has 0 saturated carbocycles. The zero-order valence-corrected chi connectivity index (χ0v) is 20.4. The van der Waals surface area contributed by atoms with Crippen molar-refractivity contribution in [2.75, 3.05) is 0 Å². The summed E-state index contributed by atoms with van der Waals surface area (Å²) in [5.41, 5.74) is 16.5. The largest absolute Gasteiger partial charge is 0.480 e. The van der Waals surface area contributed by atoms with Gasteiger partial charge >= 0.3 is 5.97 Å². The number of hydrogen-bond acceptors (Lipinski definition) is 8. The Morgan fingerprint density at radius 2 is 1.24 bits per heavy atom. The van der Waals surface area contributed by atoms with Gasteiger partial charge in [0.2, 0.25) is 29.5 Å². The molecule has 1 rings (SSSR count). The molecule has 37 heavy (non-hydrogen) atoms. The van der Waals surface area contributed by atoms with Crippen molar-refractivity contribution >= 4 is 35.5 Å². The molecule has 1 aromatic rings. The molecule has 0 aliphatic rings. The first-order valence-corrected chi connectivity index (χ1v) is 11.5. The standard InChI is InChI=1S/C23H34N6O8/c1-12(30)19(26)22(35)27-14(7-9-17(24)31)20(33)29-16(11-13-5-3-2-4-6-13)21(34)28-15(23(36)37)8-10-18(25)32/h2-6,12,14-16,19,30H,7-11,26H2,1H3,(H2,24,31)(H2,25,32)(H,27,35)(H,28,34)(H,29,33)(H,36,37). The average Bonchev–Trinajstić information content (AvgIpc) is 2.82. The summed E-state index contributed by atoms with van der Waals surface area (Å²) in [5.74, 6) is -5.51. The van der Waals surface area contributed by atoms with Crippen LogP contribution in [-0.4, -0.2) is 76.0 Å². The van der Waals surface area contributed by atoms with Crippen LogP contribution < -0.4 is 33.2 Å². The minimum Gasteiger partial charge on any atom is -0.480 e. The Morgan fingerprint density at radius 3 is 1.73 bits per heavy atom. The van der Waals surface area contributed by atoms with E-state index in [1.165, 1.54) is 6.92 Å². The van der Waals surface area contributed by atoms with Gasteiger partial charge in [-0.1, -0.05) is 30.3 Å². The summed E-state index contributed by atoms with van der Waals surface area (Å²) in [6.07, 6.45) is -2.36. The van der Waals surface area contributed by atoms with E-state index in [4.69, 9.17) is 17.2 Å². The van der Waals surface area contributed by atoms with Crippen LogP contribution in [0, 0.1) is 0 Å². The van der Waals surface area contributed by atoms with Crippen molar-refractivity contribution in [3.8, 4) is 0 Å². The number of aliphatic hydroxyl groups is 1. The van der Waals surface area contributed by atoms with Crippen LogP contribution in [0.2, 0.25) is 0 Å². The Balaban J connectivity index is 3.15. The molecule has 204 valence electrons. The predicted octanol–water partition coefficient (Wildman–Crippen LogP) is -2.99. The highest BCUT2D eigenvalue weighted by molar-refractivity contribution is 5.94. The quantitative estimate of drug-likeness (QED) is 0.110. The highest BCUT2D eigenvalue weighted by Gasteiger charge is 2.31. The molecule has 5 atom stereocenters. The minimum atomic E-state index is -1.45. The Labute approximate surface area is 213 Å². The lowest BCUT2D eigenvalue weighted by Crippen LogP contribution is -2.58. The lowest BCUT2D eigenvalue weighted by molar-refractivity contribution is -0.142. The fraction of sp³-hybridized carbons (Fsp3) is 0.478. The third-order valence-electron chi connectivity index (χ3n) is 5.34. The number of rotatable bonds is 16. The summed E-state index contributed by atoms with van der Waals surface area (Å²) < 4.78 is 0. The van der Waals surface area contributed by atoms with Gasteiger partial charge in [0.05, 0.1) is 6.10 Å². The zero-order chi connectivity index (χ0) is 28.1. The maximum atomic E-state index is 13.1. The summed E-state index contributed by atoms with van der Waals surface area (Å²) in [6.45, 7) is 1.28. The molecule has 0 heterocycles. The second-order valence-corrected chi connectivity index (χ2v) is 8.49. The number of carboxylic acid groups (broad SMARTS) is 1. The van der Waals surface area contributed by atoms with Crippen molar-refractivity contribution < 1.29 is 39.0 Å². The van der Waals surface area contributed by atoms with E-state index in [0.717, 1.165) is 0 Å². The average molecular weight is 523 g/mol. The molecular weight excluding hydrogens is 488 g/mol. The molecule has 0 bridgehead atoms. The van der Waals surface area contributed by atoms with Gasteiger partial charge in [0.15, 0.2) is 0 Å². The number of hydrogen-bond donors (Lipinski definition) is 8. The summed E-state index contributed by atoms with van der Waals surface area (Å²) in [7, 11) is 0. The van der Waals surface area contributed by atoms with Crippen molar-refractivity contribution in [2.45, 2.75) is 69.3 Å². The minimum absolute atomic E-state index is 0.0513. The number of nitrogens with two attached hydrogens (primary N) is 3. The Kier molecular flexibility index (Phi) is 12.7. The van der Waals surface area contributed by atoms with Crippen LogP contribution in [0.4, 0.5) is 0 Å². The normalized spacial score (nSPS) is 14.8. The SMILES string of the molecule is CC(O)C(N)C(=O)NC(CCC(N)=O)C(=O)NC(Cc1ccccc1)C(=O)NC(CCC(N)=O)C(=O)O. The Morgan fingerprint density at radius 1 is 0.784 bits per heavy atom. The van der Waals surface area contributed by atoms with Gasteiger partial charge in [0.25, 0.3) is 0 Å². The molecule has 0 spiro atoms. The number of benzene rings is 1. The van der Waals surface area contributed by atoms with Crippen molar-refractivity contribution in [3.63, 3.8) is 0 Å². The maximum Gasteiger partial charge on any atom is 0.326 e. The zero-order valence-electron chi connectivity index (χ0n) is 20.4. The van der Waals surface area contributed by atoms with Crippen LogP contribution in [-0.2, 0) is 35.2 Å². The highest BCUT2D eigenvalue weighted by atomic mass is 16.4. The molecule has 11 N–H and O–H groups in total. The first-order chi connectivity index (χ1) is 17.3. The molecule has 14 nitrogen and oxygen atoms in total. The van der Waals surface area contributed by atoms with E-state index in [0.29, 0.717) is 5.56 Å². The van der Waals surface area contributed by atoms with Crippen molar-refractivity contribution in [1.82, 2.24) is 16.0 Å². The molecule has 14 heteroatoms. The molecule has 5 amide bonds. The van der Waals surface area contributed by atoms with E-state index in [-0.39, 0.29) is 32.1 Å². The van der Waals surface area contributed by atoms with E-state index < -0.39 is 65.8 Å². The summed E-state index contributed by atoms with van der Waals surface area (Å²) in [4.78, 5) is 72.4. The predicted molar refractivity (Wildman–Crippen MR) is 130 cm³/mol. The molecule has 0 aliphatic heterocycles. The van der Waals surface area contributed by atoms with E-state index in [2.05, 4.69) is 16.0 Å². The molecule has 0 aromatic heterocycles. The topological polar surface area (TPSA) is 257 Å². The van der Waals surface area contributed by atoms with Crippen LogP contribution in [0.25, 0.3) is 0 Å². The van der Waals surface area contributed by atoms with E-state index in [9.17, 15) is 39.0 Å². The highest BCUT2D eigenvalue weighted by Crippen LogP contribution is 2.07. The third kappa shape index (κ3) is 11.5. The lowest BCUT2D eigenvalue weighted by Gasteiger charge is -2.25. The van der Waals surface area contributed by atoms with Gasteiger partial charge in [-0.2, -0.15) is 0 Å². The number of aliphatic hydroxyl groups excluding tert-OH is 1. The van der Waals surface area contributed by atoms with Crippen LogP contribution in [0.5, 0.6) is 0 Å². The third-order valence-corrected chi connectivity index (χ3v) is 5.34. The number of carbonyl (C=O) groups is 6. The van der Waals surface area contributed by atoms with E-state index in [1.54, 1.807) is 30.3 Å². The van der Waals surface area contributed by atoms with Crippen LogP contribution in [0.15, 0.2) is 30.3 Å². The molecular formula is C23H34N6O8. The van der Waals surface area contributed by atoms with Gasteiger partial charge in [-0.05, 0) is 25.3 Å². The van der Waals surface area contributed by atoms with Gasteiger partial charge < -0.3 is 43.4 Å². The smallest absolute Gasteiger partial charge is 0.326 e. The number of primary amides is 2. The molecule has 0 aliphatic carbocycles. The molecule has 0 saturated heterocycles. The molecule has 0 fully saturated rings. The van der Waals surface area contributed by atoms with Gasteiger partial charge in [0, 0.05) is 19.3 Å². The van der Waals surface area contributed by atoms with Crippen LogP contribution in [0.3, 0.4) is 0 Å². The van der Waals surface area contributed by atoms with Crippen molar-refractivity contribution in [3.05, 3.63) is 35.9 Å². The first kappa shape index (κ1) is 31.0. The van der Waals surface area contributed by atoms with Crippen molar-refractivity contribution in [1.29, 1.82) is 0 Å². The fourth-order valence-electron chi connectivity index (χ4n) is 3.19. The number of aliphatic carboxylic acids is 1. The van der Waals surface area contributed by atoms with E-state index >= 15 is 0 Å². The van der Waals surface area contributed by atoms with Gasteiger partial charge in [0.1, 0.15) is 24.2 Å². The number of nitrogens with one attached hydrogen (secondary N) is 3. The Hall–Kier alpha value is -4.04. The number of carbonyl (C=O) groups excluding carboxylic acids is 5. The summed E-state index contributed by atoms with van der Waals surface area (Å²) in [6, 6.07) is 3.04. The van der Waals surface area contributed by atoms with Crippen LogP contribution in [0.1, 0.15) is 38.2 Å². The maximum absolute atomic E-state index is 13.1. The molecule has 0 radical (unpaired) electrons. The Bertz CT molecular complexity index is 971. The number of carboxylic acids is 1. The second kappa shape index (κ2) is 15.2. The van der Waals surface area contributed by atoms with Gasteiger partial charge in [-0.25, -0.2) is 4.79 Å². The van der Waals surface area contributed by atoms with Gasteiger partial charge in [-0.15, -0.1) is 0 Å². The first-order valence-electron chi connectivity index (χ1n) is 11.5. The fourth-order valence-corrected chi connectivity index (χ4v) is 3.19.